The molecule has 0 saturated carbocycles. The molecule has 0 aliphatic heterocycles. The third-order valence-electron chi connectivity index (χ3n) is 2.70. The van der Waals surface area contributed by atoms with Gasteiger partial charge in [0, 0.05) is 10.4 Å². The van der Waals surface area contributed by atoms with E-state index in [2.05, 4.69) is 6.07 Å². The molecule has 0 saturated heterocycles. The van der Waals surface area contributed by atoms with Crippen LogP contribution < -0.4 is 5.73 Å². The smallest absolute Gasteiger partial charge is 0.128 e. The molecule has 0 radical (unpaired) electrons. The van der Waals surface area contributed by atoms with E-state index in [-0.39, 0.29) is 0 Å². The molecule has 1 aromatic heterocycles. The minimum atomic E-state index is 0.500. The van der Waals surface area contributed by atoms with Crippen LogP contribution in [0.15, 0.2) is 18.2 Å². The van der Waals surface area contributed by atoms with E-state index in [0.717, 1.165) is 22.4 Å². The summed E-state index contributed by atoms with van der Waals surface area (Å²) in [5, 5.41) is 10.0. The fourth-order valence-corrected chi connectivity index (χ4v) is 3.40. The molecule has 0 bridgehead atoms. The first-order chi connectivity index (χ1) is 8.60. The van der Waals surface area contributed by atoms with Gasteiger partial charge in [-0.1, -0.05) is 42.3 Å². The predicted octanol–water partition coefficient (Wildman–Crippen LogP) is 4.74. The Balaban J connectivity index is 2.72. The van der Waals surface area contributed by atoms with Crippen molar-refractivity contribution in [2.24, 2.45) is 0 Å². The zero-order valence-corrected chi connectivity index (χ0v) is 12.0. The summed E-state index contributed by atoms with van der Waals surface area (Å²) in [4.78, 5) is 1.46. The lowest BCUT2D eigenvalue weighted by atomic mass is 10.1. The predicted molar refractivity (Wildman–Crippen MR) is 78.3 cm³/mol. The summed E-state index contributed by atoms with van der Waals surface area (Å²) >= 11 is 13.6. The van der Waals surface area contributed by atoms with Crippen LogP contribution in [0.25, 0.3) is 10.4 Å². The maximum atomic E-state index is 9.04. The Morgan fingerprint density at radius 2 is 2.11 bits per heavy atom. The van der Waals surface area contributed by atoms with Gasteiger partial charge in [-0.15, -0.1) is 11.3 Å². The Morgan fingerprint density at radius 1 is 1.39 bits per heavy atom. The average Bonchev–Trinajstić information content (AvgIpc) is 2.69. The summed E-state index contributed by atoms with van der Waals surface area (Å²) in [6.45, 7) is 2.00. The van der Waals surface area contributed by atoms with E-state index in [1.807, 2.05) is 19.1 Å². The van der Waals surface area contributed by atoms with Crippen LogP contribution in [0.1, 0.15) is 17.4 Å². The maximum Gasteiger partial charge on any atom is 0.128 e. The molecule has 1 heterocycles. The highest BCUT2D eigenvalue weighted by atomic mass is 35.5. The first-order valence-electron chi connectivity index (χ1n) is 5.35. The van der Waals surface area contributed by atoms with E-state index in [1.165, 1.54) is 11.3 Å². The largest absolute Gasteiger partial charge is 0.397 e. The van der Waals surface area contributed by atoms with Crippen molar-refractivity contribution in [1.29, 1.82) is 5.26 Å². The number of nitrogens with zero attached hydrogens (tertiary/aromatic N) is 1. The number of halogens is 2. The first-order valence-corrected chi connectivity index (χ1v) is 6.93. The van der Waals surface area contributed by atoms with Crippen LogP contribution in [-0.2, 0) is 6.42 Å². The number of nitriles is 1. The summed E-state index contributed by atoms with van der Waals surface area (Å²) in [5.74, 6) is 0. The van der Waals surface area contributed by atoms with Gasteiger partial charge >= 0.3 is 0 Å². The fourth-order valence-electron chi connectivity index (χ4n) is 1.81. The van der Waals surface area contributed by atoms with Crippen LogP contribution in [0.5, 0.6) is 0 Å². The monoisotopic (exact) mass is 296 g/mol. The fraction of sp³-hybridized carbons (Fsp3) is 0.154. The molecule has 18 heavy (non-hydrogen) atoms. The van der Waals surface area contributed by atoms with Gasteiger partial charge in [-0.25, -0.2) is 0 Å². The molecular weight excluding hydrogens is 287 g/mol. The molecule has 0 aliphatic carbocycles. The molecule has 5 heteroatoms. The van der Waals surface area contributed by atoms with Crippen LogP contribution in [0.4, 0.5) is 5.69 Å². The Bertz CT molecular complexity index is 641. The number of nitrogens with two attached hydrogens (primary N) is 1. The average molecular weight is 297 g/mol. The third kappa shape index (κ3) is 2.08. The van der Waals surface area contributed by atoms with E-state index in [1.54, 1.807) is 6.07 Å². The minimum Gasteiger partial charge on any atom is -0.397 e. The van der Waals surface area contributed by atoms with Crippen molar-refractivity contribution < 1.29 is 0 Å². The number of nitrogen functional groups attached to an aromatic ring is 1. The SMILES string of the molecule is CCc1c(-c2cccc(Cl)c2Cl)sc(C#N)c1N. The van der Waals surface area contributed by atoms with Crippen molar-refractivity contribution in [3.05, 3.63) is 38.7 Å². The lowest BCUT2D eigenvalue weighted by Gasteiger charge is -2.06. The highest BCUT2D eigenvalue weighted by Crippen LogP contribution is 2.43. The van der Waals surface area contributed by atoms with E-state index in [4.69, 9.17) is 34.2 Å². The lowest BCUT2D eigenvalue weighted by molar-refractivity contribution is 1.16. The second kappa shape index (κ2) is 5.19. The number of anilines is 1. The van der Waals surface area contributed by atoms with Gasteiger partial charge < -0.3 is 5.73 Å². The highest BCUT2D eigenvalue weighted by molar-refractivity contribution is 7.17. The highest BCUT2D eigenvalue weighted by Gasteiger charge is 2.18. The molecule has 1 aromatic carbocycles. The Kier molecular flexibility index (Phi) is 3.82. The zero-order valence-electron chi connectivity index (χ0n) is 9.63. The molecule has 0 fully saturated rings. The summed E-state index contributed by atoms with van der Waals surface area (Å²) in [6, 6.07) is 7.58. The molecular formula is C13H10Cl2N2S. The normalized spacial score (nSPS) is 10.3. The number of benzene rings is 1. The van der Waals surface area contributed by atoms with Gasteiger partial charge in [0.05, 0.1) is 15.7 Å². The molecule has 0 aliphatic rings. The van der Waals surface area contributed by atoms with Crippen LogP contribution in [0, 0.1) is 11.3 Å². The van der Waals surface area contributed by atoms with E-state index >= 15 is 0 Å². The van der Waals surface area contributed by atoms with E-state index in [9.17, 15) is 0 Å². The van der Waals surface area contributed by atoms with Crippen LogP contribution in [0.2, 0.25) is 10.0 Å². The lowest BCUT2D eigenvalue weighted by Crippen LogP contribution is -1.91. The van der Waals surface area contributed by atoms with Gasteiger partial charge in [0.2, 0.25) is 0 Å². The first kappa shape index (κ1) is 13.2. The van der Waals surface area contributed by atoms with Gasteiger partial charge in [-0.05, 0) is 18.1 Å². The number of hydrogen-bond donors (Lipinski definition) is 1. The van der Waals surface area contributed by atoms with Crippen molar-refractivity contribution in [3.8, 4) is 16.5 Å². The van der Waals surface area contributed by atoms with Crippen molar-refractivity contribution in [3.63, 3.8) is 0 Å². The van der Waals surface area contributed by atoms with Gasteiger partial charge in [0.15, 0.2) is 0 Å². The second-order valence-corrected chi connectivity index (χ2v) is 5.53. The topological polar surface area (TPSA) is 49.8 Å². The van der Waals surface area contributed by atoms with Crippen molar-refractivity contribution >= 4 is 40.2 Å². The number of thiophene rings is 1. The van der Waals surface area contributed by atoms with Crippen LogP contribution >= 0.6 is 34.5 Å². The maximum absolute atomic E-state index is 9.04. The second-order valence-electron chi connectivity index (χ2n) is 3.72. The van der Waals surface area contributed by atoms with Gasteiger partial charge in [-0.2, -0.15) is 5.26 Å². The zero-order chi connectivity index (χ0) is 13.3. The van der Waals surface area contributed by atoms with Gasteiger partial charge in [0.1, 0.15) is 10.9 Å². The molecule has 0 unspecified atom stereocenters. The quantitative estimate of drug-likeness (QED) is 0.870. The molecule has 0 atom stereocenters. The summed E-state index contributed by atoms with van der Waals surface area (Å²) < 4.78 is 0. The molecule has 92 valence electrons. The summed E-state index contributed by atoms with van der Waals surface area (Å²) in [6.07, 6.45) is 0.752. The number of hydrogen-bond acceptors (Lipinski definition) is 3. The third-order valence-corrected chi connectivity index (χ3v) is 4.70. The van der Waals surface area contributed by atoms with Crippen LogP contribution in [-0.4, -0.2) is 0 Å². The van der Waals surface area contributed by atoms with E-state index in [0.29, 0.717) is 20.6 Å². The molecule has 2 N–H and O–H groups in total. The van der Waals surface area contributed by atoms with Crippen molar-refractivity contribution in [2.75, 3.05) is 5.73 Å². The summed E-state index contributed by atoms with van der Waals surface area (Å²) in [7, 11) is 0. The molecule has 0 spiro atoms. The Morgan fingerprint density at radius 3 is 2.72 bits per heavy atom. The minimum absolute atomic E-state index is 0.500. The van der Waals surface area contributed by atoms with Crippen molar-refractivity contribution in [1.82, 2.24) is 0 Å². The molecule has 0 amide bonds. The number of rotatable bonds is 2. The Labute approximate surface area is 120 Å². The van der Waals surface area contributed by atoms with Gasteiger partial charge in [-0.3, -0.25) is 0 Å². The van der Waals surface area contributed by atoms with Gasteiger partial charge in [0.25, 0.3) is 0 Å². The summed E-state index contributed by atoms with van der Waals surface area (Å²) in [5.41, 5.74) is 8.31. The Hall–Kier alpha value is -1.21. The molecule has 2 rings (SSSR count). The standard InChI is InChI=1S/C13H10Cl2N2S/c1-2-7-12(17)10(6-16)18-13(7)8-4-3-5-9(14)11(8)15/h3-5H,2,17H2,1H3. The molecule has 2 nitrogen and oxygen atoms in total. The van der Waals surface area contributed by atoms with Crippen molar-refractivity contribution in [2.45, 2.75) is 13.3 Å². The van der Waals surface area contributed by atoms with E-state index < -0.39 is 0 Å². The van der Waals surface area contributed by atoms with Crippen LogP contribution in [0.3, 0.4) is 0 Å². The molecule has 2 aromatic rings.